The van der Waals surface area contributed by atoms with Crippen LogP contribution in [0.4, 0.5) is 0 Å². The molecule has 0 aromatic carbocycles. The van der Waals surface area contributed by atoms with Gasteiger partial charge in [0.15, 0.2) is 0 Å². The van der Waals surface area contributed by atoms with E-state index in [0.29, 0.717) is 0 Å². The van der Waals surface area contributed by atoms with E-state index >= 15 is 0 Å². The summed E-state index contributed by atoms with van der Waals surface area (Å²) in [6.45, 7) is 3.99. The molecular formula is C5H17N3OSi. The molecule has 1 unspecified atom stereocenters. The third-order valence-electron chi connectivity index (χ3n) is 1.36. The summed E-state index contributed by atoms with van der Waals surface area (Å²) in [5.74, 6) is 0. The Bertz CT molecular complexity index is 98.9. The Morgan fingerprint density at radius 1 is 1.60 bits per heavy atom. The molecule has 62 valence electrons. The quantitative estimate of drug-likeness (QED) is 0.483. The number of nitrogens with one attached hydrogen (secondary N) is 1. The van der Waals surface area contributed by atoms with Crippen molar-refractivity contribution >= 4 is 8.80 Å². The highest BCUT2D eigenvalue weighted by Gasteiger charge is 2.25. The SMILES string of the molecule is CCC(C)O[Si](N)(N)NC. The van der Waals surface area contributed by atoms with Crippen LogP contribution in [0.5, 0.6) is 0 Å². The lowest BCUT2D eigenvalue weighted by atomic mass is 10.3. The minimum atomic E-state index is -2.51. The number of rotatable bonds is 4. The van der Waals surface area contributed by atoms with Crippen molar-refractivity contribution in [2.24, 2.45) is 10.8 Å². The predicted molar refractivity (Wildman–Crippen MR) is 44.0 cm³/mol. The number of hydrogen-bond acceptors (Lipinski definition) is 4. The molecule has 0 saturated heterocycles. The highest BCUT2D eigenvalue weighted by Crippen LogP contribution is 1.97. The standard InChI is InChI=1S/C5H17N3OSi/c1-4-5(2)9-10(6,7)8-3/h5,8H,4,6-7H2,1-3H3. The largest absolute Gasteiger partial charge is 0.434 e. The Kier molecular flexibility index (Phi) is 4.07. The van der Waals surface area contributed by atoms with Gasteiger partial charge in [-0.2, -0.15) is 0 Å². The zero-order chi connectivity index (χ0) is 8.20. The molecule has 0 aliphatic carbocycles. The van der Waals surface area contributed by atoms with Crippen LogP contribution in [0.15, 0.2) is 0 Å². The van der Waals surface area contributed by atoms with Crippen molar-refractivity contribution in [3.8, 4) is 0 Å². The Morgan fingerprint density at radius 2 is 2.10 bits per heavy atom. The zero-order valence-corrected chi connectivity index (χ0v) is 7.85. The van der Waals surface area contributed by atoms with Gasteiger partial charge >= 0.3 is 8.80 Å². The van der Waals surface area contributed by atoms with E-state index in [-0.39, 0.29) is 6.10 Å². The van der Waals surface area contributed by atoms with Crippen LogP contribution in [0.3, 0.4) is 0 Å². The van der Waals surface area contributed by atoms with Gasteiger partial charge in [0.05, 0.1) is 0 Å². The Morgan fingerprint density at radius 3 is 2.40 bits per heavy atom. The van der Waals surface area contributed by atoms with E-state index in [9.17, 15) is 0 Å². The van der Waals surface area contributed by atoms with E-state index in [4.69, 9.17) is 15.2 Å². The molecule has 0 fully saturated rings. The molecule has 0 spiro atoms. The summed E-state index contributed by atoms with van der Waals surface area (Å²) < 4.78 is 5.32. The van der Waals surface area contributed by atoms with Gasteiger partial charge in [-0.3, -0.25) is 4.98 Å². The summed E-state index contributed by atoms with van der Waals surface area (Å²) in [6.07, 6.45) is 1.08. The van der Waals surface area contributed by atoms with Gasteiger partial charge in [-0.15, -0.1) is 0 Å². The van der Waals surface area contributed by atoms with E-state index in [2.05, 4.69) is 4.98 Å². The van der Waals surface area contributed by atoms with Gasteiger partial charge < -0.3 is 15.2 Å². The van der Waals surface area contributed by atoms with Crippen LogP contribution in [0.25, 0.3) is 0 Å². The smallest absolute Gasteiger partial charge is 0.377 e. The molecule has 4 nitrogen and oxygen atoms in total. The first-order valence-corrected chi connectivity index (χ1v) is 5.52. The van der Waals surface area contributed by atoms with Crippen LogP contribution in [0.2, 0.25) is 0 Å². The van der Waals surface area contributed by atoms with Crippen molar-refractivity contribution in [3.63, 3.8) is 0 Å². The fourth-order valence-electron chi connectivity index (χ4n) is 0.475. The zero-order valence-electron chi connectivity index (χ0n) is 6.85. The fourth-order valence-corrected chi connectivity index (χ4v) is 1.43. The van der Waals surface area contributed by atoms with E-state index in [1.165, 1.54) is 0 Å². The van der Waals surface area contributed by atoms with E-state index < -0.39 is 8.80 Å². The molecule has 5 N–H and O–H groups in total. The monoisotopic (exact) mass is 163 g/mol. The average molecular weight is 163 g/mol. The van der Waals surface area contributed by atoms with E-state index in [1.54, 1.807) is 7.05 Å². The molecule has 0 bridgehead atoms. The molecule has 1 atom stereocenters. The van der Waals surface area contributed by atoms with Crippen LogP contribution in [0, 0.1) is 0 Å². The molecule has 0 heterocycles. The molecule has 0 amide bonds. The average Bonchev–Trinajstić information content (AvgIpc) is 1.87. The second-order valence-corrected chi connectivity index (χ2v) is 4.70. The van der Waals surface area contributed by atoms with Crippen molar-refractivity contribution in [3.05, 3.63) is 0 Å². The van der Waals surface area contributed by atoms with Crippen LogP contribution >= 0.6 is 0 Å². The first kappa shape index (κ1) is 10.1. The minimum absolute atomic E-state index is 0.147. The molecular weight excluding hydrogens is 146 g/mol. The first-order chi connectivity index (χ1) is 4.52. The summed E-state index contributed by atoms with van der Waals surface area (Å²) in [4.78, 5) is 2.78. The van der Waals surface area contributed by atoms with Gasteiger partial charge in [0.25, 0.3) is 0 Å². The molecule has 0 rings (SSSR count). The lowest BCUT2D eigenvalue weighted by Gasteiger charge is -2.23. The summed E-state index contributed by atoms with van der Waals surface area (Å²) in [5, 5.41) is 11.2. The van der Waals surface area contributed by atoms with E-state index in [0.717, 1.165) is 6.42 Å². The molecule has 0 aromatic rings. The summed E-state index contributed by atoms with van der Waals surface area (Å²) in [5.41, 5.74) is 0. The van der Waals surface area contributed by atoms with Crippen LogP contribution < -0.4 is 15.8 Å². The van der Waals surface area contributed by atoms with Crippen LogP contribution in [-0.4, -0.2) is 22.0 Å². The highest BCUT2D eigenvalue weighted by molar-refractivity contribution is 6.64. The number of hydrogen-bond donors (Lipinski definition) is 3. The second kappa shape index (κ2) is 4.04. The lowest BCUT2D eigenvalue weighted by molar-refractivity contribution is 0.196. The minimum Gasteiger partial charge on any atom is -0.377 e. The lowest BCUT2D eigenvalue weighted by Crippen LogP contribution is -2.69. The topological polar surface area (TPSA) is 73.3 Å². The van der Waals surface area contributed by atoms with E-state index in [1.807, 2.05) is 13.8 Å². The molecule has 0 radical (unpaired) electrons. The first-order valence-electron chi connectivity index (χ1n) is 3.46. The maximum atomic E-state index is 5.58. The molecule has 0 aromatic heterocycles. The van der Waals surface area contributed by atoms with Crippen molar-refractivity contribution in [1.29, 1.82) is 0 Å². The maximum Gasteiger partial charge on any atom is 0.434 e. The molecule has 5 heteroatoms. The third kappa shape index (κ3) is 3.97. The molecule has 0 aliphatic heterocycles. The summed E-state index contributed by atoms with van der Waals surface area (Å²) in [6, 6.07) is 0. The second-order valence-electron chi connectivity index (χ2n) is 2.38. The van der Waals surface area contributed by atoms with Crippen molar-refractivity contribution in [2.75, 3.05) is 7.05 Å². The Labute approximate surface area is 63.3 Å². The normalized spacial score (nSPS) is 15.3. The molecule has 10 heavy (non-hydrogen) atoms. The van der Waals surface area contributed by atoms with Crippen molar-refractivity contribution in [2.45, 2.75) is 26.4 Å². The summed E-state index contributed by atoms with van der Waals surface area (Å²) >= 11 is 0. The maximum absolute atomic E-state index is 5.58. The van der Waals surface area contributed by atoms with Gasteiger partial charge in [-0.1, -0.05) is 6.92 Å². The Hall–Kier alpha value is 0.0569. The van der Waals surface area contributed by atoms with Gasteiger partial charge in [-0.25, -0.2) is 0 Å². The third-order valence-corrected chi connectivity index (χ3v) is 2.94. The van der Waals surface area contributed by atoms with Crippen LogP contribution in [-0.2, 0) is 4.43 Å². The highest BCUT2D eigenvalue weighted by atomic mass is 28.4. The van der Waals surface area contributed by atoms with Gasteiger partial charge in [-0.05, 0) is 20.4 Å². The van der Waals surface area contributed by atoms with Gasteiger partial charge in [0.2, 0.25) is 0 Å². The van der Waals surface area contributed by atoms with Crippen LogP contribution in [0.1, 0.15) is 20.3 Å². The van der Waals surface area contributed by atoms with Gasteiger partial charge in [0, 0.05) is 6.10 Å². The van der Waals surface area contributed by atoms with Crippen molar-refractivity contribution in [1.82, 2.24) is 4.98 Å². The molecule has 0 saturated carbocycles. The van der Waals surface area contributed by atoms with Crippen molar-refractivity contribution < 1.29 is 4.43 Å². The predicted octanol–water partition coefficient (Wildman–Crippen LogP) is -0.626. The Balaban J connectivity index is 3.64. The summed E-state index contributed by atoms with van der Waals surface area (Å²) in [7, 11) is -0.794. The van der Waals surface area contributed by atoms with Gasteiger partial charge in [0.1, 0.15) is 0 Å². The fraction of sp³-hybridized carbons (Fsp3) is 1.00. The number of nitrogens with two attached hydrogens (primary N) is 2. The molecule has 0 aliphatic rings.